The summed E-state index contributed by atoms with van der Waals surface area (Å²) in [5.41, 5.74) is 1.10. The summed E-state index contributed by atoms with van der Waals surface area (Å²) in [7, 11) is -2.92. The lowest BCUT2D eigenvalue weighted by Crippen LogP contribution is -2.09. The third kappa shape index (κ3) is 4.69. The molecule has 1 aromatic rings. The first-order chi connectivity index (χ1) is 7.85. The van der Waals surface area contributed by atoms with Gasteiger partial charge in [-0.05, 0) is 47.3 Å². The maximum absolute atomic E-state index is 11.3. The molecule has 0 bridgehead atoms. The Kier molecular flexibility index (Phi) is 5.63. The maximum Gasteiger partial charge on any atom is 0.150 e. The van der Waals surface area contributed by atoms with Crippen molar-refractivity contribution in [2.24, 2.45) is 0 Å². The SMILES string of the molecule is CCS(=O)(=O)CCCC(O)c1cc(C)c(Br)s1. The van der Waals surface area contributed by atoms with Gasteiger partial charge in [0.2, 0.25) is 0 Å². The Balaban J connectivity index is 2.48. The lowest BCUT2D eigenvalue weighted by Gasteiger charge is -2.07. The summed E-state index contributed by atoms with van der Waals surface area (Å²) in [6, 6.07) is 1.94. The molecule has 1 rings (SSSR count). The highest BCUT2D eigenvalue weighted by molar-refractivity contribution is 9.11. The van der Waals surface area contributed by atoms with Crippen molar-refractivity contribution in [2.45, 2.75) is 32.8 Å². The average Bonchev–Trinajstić information content (AvgIpc) is 2.59. The number of aryl methyl sites for hydroxylation is 1. The van der Waals surface area contributed by atoms with Crippen LogP contribution < -0.4 is 0 Å². The fourth-order valence-electron chi connectivity index (χ4n) is 1.43. The van der Waals surface area contributed by atoms with Gasteiger partial charge in [-0.3, -0.25) is 0 Å². The monoisotopic (exact) mass is 340 g/mol. The molecule has 1 N–H and O–H groups in total. The Labute approximate surface area is 115 Å². The molecular weight excluding hydrogens is 324 g/mol. The molecule has 0 spiro atoms. The highest BCUT2D eigenvalue weighted by Gasteiger charge is 2.14. The van der Waals surface area contributed by atoms with Crippen molar-refractivity contribution in [3.05, 3.63) is 20.3 Å². The van der Waals surface area contributed by atoms with E-state index in [1.54, 1.807) is 6.92 Å². The first kappa shape index (κ1) is 15.1. The van der Waals surface area contributed by atoms with Crippen molar-refractivity contribution in [2.75, 3.05) is 11.5 Å². The van der Waals surface area contributed by atoms with E-state index in [4.69, 9.17) is 0 Å². The van der Waals surface area contributed by atoms with E-state index in [0.29, 0.717) is 12.8 Å². The van der Waals surface area contributed by atoms with Crippen LogP contribution in [0.1, 0.15) is 36.3 Å². The summed E-state index contributed by atoms with van der Waals surface area (Å²) in [6.07, 6.45) is 0.439. The Bertz CT molecular complexity index is 446. The number of halogens is 1. The third-order valence-corrected chi connectivity index (χ3v) is 6.61. The minimum atomic E-state index is -2.92. The van der Waals surface area contributed by atoms with Gasteiger partial charge in [-0.15, -0.1) is 11.3 Å². The molecule has 1 unspecified atom stereocenters. The van der Waals surface area contributed by atoms with Crippen LogP contribution in [0, 0.1) is 6.92 Å². The van der Waals surface area contributed by atoms with E-state index in [2.05, 4.69) is 15.9 Å². The van der Waals surface area contributed by atoms with Crippen LogP contribution in [0.15, 0.2) is 9.85 Å². The molecule has 1 atom stereocenters. The number of hydrogen-bond donors (Lipinski definition) is 1. The molecule has 17 heavy (non-hydrogen) atoms. The van der Waals surface area contributed by atoms with Gasteiger partial charge < -0.3 is 5.11 Å². The van der Waals surface area contributed by atoms with Crippen LogP contribution in [0.3, 0.4) is 0 Å². The summed E-state index contributed by atoms with van der Waals surface area (Å²) in [6.45, 7) is 3.61. The van der Waals surface area contributed by atoms with Crippen LogP contribution >= 0.6 is 27.3 Å². The van der Waals surface area contributed by atoms with Crippen LogP contribution in [0.25, 0.3) is 0 Å². The fraction of sp³-hybridized carbons (Fsp3) is 0.636. The number of rotatable bonds is 6. The van der Waals surface area contributed by atoms with Crippen molar-refractivity contribution in [3.63, 3.8) is 0 Å². The fourth-order valence-corrected chi connectivity index (χ4v) is 3.92. The first-order valence-electron chi connectivity index (χ1n) is 5.50. The van der Waals surface area contributed by atoms with Gasteiger partial charge in [-0.25, -0.2) is 8.42 Å². The predicted octanol–water partition coefficient (Wildman–Crippen LogP) is 3.07. The molecule has 6 heteroatoms. The highest BCUT2D eigenvalue weighted by Crippen LogP contribution is 2.33. The van der Waals surface area contributed by atoms with Crippen LogP contribution in [0.5, 0.6) is 0 Å². The van der Waals surface area contributed by atoms with E-state index >= 15 is 0 Å². The third-order valence-electron chi connectivity index (χ3n) is 2.58. The van der Waals surface area contributed by atoms with E-state index in [-0.39, 0.29) is 11.5 Å². The van der Waals surface area contributed by atoms with Crippen LogP contribution in [-0.4, -0.2) is 25.0 Å². The van der Waals surface area contributed by atoms with E-state index in [0.717, 1.165) is 14.2 Å². The largest absolute Gasteiger partial charge is 0.388 e. The Morgan fingerprint density at radius 3 is 2.65 bits per heavy atom. The van der Waals surface area contributed by atoms with Crippen molar-refractivity contribution in [3.8, 4) is 0 Å². The highest BCUT2D eigenvalue weighted by atomic mass is 79.9. The smallest absolute Gasteiger partial charge is 0.150 e. The van der Waals surface area contributed by atoms with Gasteiger partial charge in [-0.1, -0.05) is 6.92 Å². The molecule has 0 aliphatic heterocycles. The zero-order chi connectivity index (χ0) is 13.1. The maximum atomic E-state index is 11.3. The molecule has 98 valence electrons. The molecule has 0 aromatic carbocycles. The number of aliphatic hydroxyl groups is 1. The summed E-state index contributed by atoms with van der Waals surface area (Å²) >= 11 is 4.91. The molecule has 0 aliphatic rings. The summed E-state index contributed by atoms with van der Waals surface area (Å²) in [5, 5.41) is 9.92. The molecule has 0 saturated heterocycles. The van der Waals surface area contributed by atoms with E-state index < -0.39 is 15.9 Å². The van der Waals surface area contributed by atoms with Crippen molar-refractivity contribution >= 4 is 37.1 Å². The molecule has 0 radical (unpaired) electrons. The standard InChI is InChI=1S/C11H17BrO3S2/c1-3-17(14,15)6-4-5-9(13)10-7-8(2)11(12)16-10/h7,9,13H,3-6H2,1-2H3. The quantitative estimate of drug-likeness (QED) is 0.865. The second kappa shape index (κ2) is 6.31. The Morgan fingerprint density at radius 2 is 2.18 bits per heavy atom. The van der Waals surface area contributed by atoms with E-state index in [9.17, 15) is 13.5 Å². The molecule has 1 aromatic heterocycles. The van der Waals surface area contributed by atoms with Gasteiger partial charge in [0.05, 0.1) is 15.6 Å². The zero-order valence-corrected chi connectivity index (χ0v) is 13.2. The van der Waals surface area contributed by atoms with Crippen LogP contribution in [0.4, 0.5) is 0 Å². The number of thiophene rings is 1. The minimum Gasteiger partial charge on any atom is -0.388 e. The van der Waals surface area contributed by atoms with E-state index in [1.165, 1.54) is 11.3 Å². The molecule has 3 nitrogen and oxygen atoms in total. The number of sulfone groups is 1. The summed E-state index contributed by atoms with van der Waals surface area (Å²) in [5.74, 6) is 0.332. The zero-order valence-electron chi connectivity index (χ0n) is 9.94. The molecule has 0 amide bonds. The first-order valence-corrected chi connectivity index (χ1v) is 8.93. The second-order valence-electron chi connectivity index (χ2n) is 4.00. The second-order valence-corrected chi connectivity index (χ2v) is 8.87. The van der Waals surface area contributed by atoms with Crippen LogP contribution in [-0.2, 0) is 9.84 Å². The lowest BCUT2D eigenvalue weighted by atomic mass is 10.1. The molecule has 1 heterocycles. The van der Waals surface area contributed by atoms with Gasteiger partial charge in [0, 0.05) is 10.6 Å². The van der Waals surface area contributed by atoms with Gasteiger partial charge in [0.1, 0.15) is 9.84 Å². The van der Waals surface area contributed by atoms with Crippen molar-refractivity contribution in [1.29, 1.82) is 0 Å². The Hall–Kier alpha value is 0.0900. The van der Waals surface area contributed by atoms with E-state index in [1.807, 2.05) is 13.0 Å². The Morgan fingerprint density at radius 1 is 1.53 bits per heavy atom. The van der Waals surface area contributed by atoms with Crippen molar-refractivity contribution in [1.82, 2.24) is 0 Å². The minimum absolute atomic E-state index is 0.159. The van der Waals surface area contributed by atoms with Crippen LogP contribution in [0.2, 0.25) is 0 Å². The molecule has 0 saturated carbocycles. The lowest BCUT2D eigenvalue weighted by molar-refractivity contribution is 0.170. The summed E-state index contributed by atoms with van der Waals surface area (Å²) < 4.78 is 23.6. The topological polar surface area (TPSA) is 54.4 Å². The average molecular weight is 341 g/mol. The molecule has 0 aliphatic carbocycles. The van der Waals surface area contributed by atoms with Gasteiger partial charge in [-0.2, -0.15) is 0 Å². The van der Waals surface area contributed by atoms with Gasteiger partial charge in [0.25, 0.3) is 0 Å². The predicted molar refractivity (Wildman–Crippen MR) is 75.3 cm³/mol. The summed E-state index contributed by atoms with van der Waals surface area (Å²) in [4.78, 5) is 0.892. The van der Waals surface area contributed by atoms with Gasteiger partial charge in [0.15, 0.2) is 0 Å². The van der Waals surface area contributed by atoms with Gasteiger partial charge >= 0.3 is 0 Å². The molecule has 0 fully saturated rings. The normalized spacial score (nSPS) is 13.9. The number of hydrogen-bond acceptors (Lipinski definition) is 4. The molecular formula is C11H17BrO3S2. The van der Waals surface area contributed by atoms with Crippen molar-refractivity contribution < 1.29 is 13.5 Å². The number of aliphatic hydroxyl groups excluding tert-OH is 1.